The molecule has 0 saturated carbocycles. The number of benzene rings is 1. The van der Waals surface area contributed by atoms with Gasteiger partial charge in [-0.2, -0.15) is 12.6 Å². The topological polar surface area (TPSA) is 19.0 Å². The fraction of sp³-hybridized carbons (Fsp3) is 0.333. The van der Waals surface area contributed by atoms with Gasteiger partial charge < -0.3 is 9.88 Å². The number of hydrogen-bond acceptors (Lipinski definition) is 2. The van der Waals surface area contributed by atoms with E-state index in [2.05, 4.69) is 60.7 Å². The molecular weight excluding hydrogens is 204 g/mol. The van der Waals surface area contributed by atoms with Crippen molar-refractivity contribution in [2.24, 2.45) is 0 Å². The van der Waals surface area contributed by atoms with Crippen molar-refractivity contribution >= 4 is 29.2 Å². The summed E-state index contributed by atoms with van der Waals surface area (Å²) in [7, 11) is 2.11. The fourth-order valence-electron chi connectivity index (χ4n) is 2.02. The number of rotatable bonds is 3. The summed E-state index contributed by atoms with van der Waals surface area (Å²) >= 11 is 4.27. The second-order valence-electron chi connectivity index (χ2n) is 3.79. The van der Waals surface area contributed by atoms with E-state index in [-0.39, 0.29) is 0 Å². The largest absolute Gasteiger partial charge is 0.372 e. The molecule has 0 spiro atoms. The minimum atomic E-state index is 0.870. The maximum Gasteiger partial charge on any atom is 0.0651 e. The molecule has 2 rings (SSSR count). The molecule has 2 nitrogen and oxygen atoms in total. The Morgan fingerprint density at radius 1 is 1.33 bits per heavy atom. The third-order valence-corrected chi connectivity index (χ3v) is 2.88. The minimum absolute atomic E-state index is 0.870. The van der Waals surface area contributed by atoms with Crippen LogP contribution in [0.2, 0.25) is 0 Å². The Labute approximate surface area is 95.7 Å². The summed E-state index contributed by atoms with van der Waals surface area (Å²) in [5.74, 6) is 0.870. The van der Waals surface area contributed by atoms with Gasteiger partial charge in [-0.1, -0.05) is 18.2 Å². The standard InChI is InChI=1S/C12H16N2S/c1-9-12(14(2)7-8-15)10-5-3-4-6-11(10)13-9/h3-6,13,15H,7-8H2,1-2H3. The van der Waals surface area contributed by atoms with Gasteiger partial charge in [0.15, 0.2) is 0 Å². The average Bonchev–Trinajstić information content (AvgIpc) is 2.54. The van der Waals surface area contributed by atoms with E-state index in [0.29, 0.717) is 0 Å². The van der Waals surface area contributed by atoms with Crippen LogP contribution in [0.5, 0.6) is 0 Å². The molecule has 0 saturated heterocycles. The number of thiol groups is 1. The maximum atomic E-state index is 4.27. The van der Waals surface area contributed by atoms with Gasteiger partial charge in [0.2, 0.25) is 0 Å². The molecule has 0 fully saturated rings. The van der Waals surface area contributed by atoms with E-state index in [0.717, 1.165) is 12.3 Å². The second-order valence-corrected chi connectivity index (χ2v) is 4.24. The van der Waals surface area contributed by atoms with Crippen LogP contribution >= 0.6 is 12.6 Å². The van der Waals surface area contributed by atoms with E-state index in [4.69, 9.17) is 0 Å². The van der Waals surface area contributed by atoms with Crippen molar-refractivity contribution in [1.82, 2.24) is 4.98 Å². The number of para-hydroxylation sites is 1. The number of aromatic amines is 1. The summed E-state index contributed by atoms with van der Waals surface area (Å²) in [6.45, 7) is 3.08. The average molecular weight is 220 g/mol. The second kappa shape index (κ2) is 4.19. The van der Waals surface area contributed by atoms with Crippen LogP contribution < -0.4 is 4.90 Å². The van der Waals surface area contributed by atoms with Crippen molar-refractivity contribution in [1.29, 1.82) is 0 Å². The van der Waals surface area contributed by atoms with Crippen molar-refractivity contribution in [2.45, 2.75) is 6.92 Å². The Bertz CT molecular complexity index is 462. The van der Waals surface area contributed by atoms with Crippen molar-refractivity contribution in [3.63, 3.8) is 0 Å². The van der Waals surface area contributed by atoms with Gasteiger partial charge in [0.05, 0.1) is 5.69 Å². The normalized spacial score (nSPS) is 10.9. The van der Waals surface area contributed by atoms with E-state index in [1.54, 1.807) is 0 Å². The van der Waals surface area contributed by atoms with Gasteiger partial charge in [-0.15, -0.1) is 0 Å². The number of aryl methyl sites for hydroxylation is 1. The highest BCUT2D eigenvalue weighted by Gasteiger charge is 2.10. The Morgan fingerprint density at radius 3 is 2.80 bits per heavy atom. The van der Waals surface area contributed by atoms with E-state index in [1.165, 1.54) is 22.3 Å². The highest BCUT2D eigenvalue weighted by Crippen LogP contribution is 2.29. The quantitative estimate of drug-likeness (QED) is 0.762. The monoisotopic (exact) mass is 220 g/mol. The predicted molar refractivity (Wildman–Crippen MR) is 70.2 cm³/mol. The van der Waals surface area contributed by atoms with E-state index in [9.17, 15) is 0 Å². The first-order valence-electron chi connectivity index (χ1n) is 5.13. The molecule has 0 aliphatic heterocycles. The Morgan fingerprint density at radius 2 is 2.07 bits per heavy atom. The van der Waals surface area contributed by atoms with Crippen LogP contribution in [0.3, 0.4) is 0 Å². The zero-order valence-electron chi connectivity index (χ0n) is 9.12. The molecule has 0 bridgehead atoms. The van der Waals surface area contributed by atoms with Crippen LogP contribution in [-0.2, 0) is 0 Å². The van der Waals surface area contributed by atoms with Gasteiger partial charge >= 0.3 is 0 Å². The number of H-pyrrole nitrogens is 1. The molecule has 0 aliphatic carbocycles. The van der Waals surface area contributed by atoms with E-state index >= 15 is 0 Å². The molecule has 0 unspecified atom stereocenters. The Balaban J connectivity index is 2.53. The highest BCUT2D eigenvalue weighted by atomic mass is 32.1. The van der Waals surface area contributed by atoms with Crippen molar-refractivity contribution in [3.05, 3.63) is 30.0 Å². The van der Waals surface area contributed by atoms with Gasteiger partial charge in [-0.25, -0.2) is 0 Å². The van der Waals surface area contributed by atoms with Gasteiger partial charge in [-0.05, 0) is 13.0 Å². The molecule has 15 heavy (non-hydrogen) atoms. The summed E-state index contributed by atoms with van der Waals surface area (Å²) < 4.78 is 0. The SMILES string of the molecule is Cc1[nH]c2ccccc2c1N(C)CCS. The zero-order valence-corrected chi connectivity index (χ0v) is 10.0. The van der Waals surface area contributed by atoms with Crippen molar-refractivity contribution in [2.75, 3.05) is 24.2 Å². The lowest BCUT2D eigenvalue weighted by atomic mass is 10.2. The lowest BCUT2D eigenvalue weighted by molar-refractivity contribution is 0.975. The number of fused-ring (bicyclic) bond motifs is 1. The molecule has 3 heteroatoms. The van der Waals surface area contributed by atoms with E-state index in [1.807, 2.05) is 0 Å². The van der Waals surface area contributed by atoms with Crippen LogP contribution in [-0.4, -0.2) is 24.3 Å². The molecule has 0 amide bonds. The predicted octanol–water partition coefficient (Wildman–Crippen LogP) is 2.84. The third-order valence-electron chi connectivity index (χ3n) is 2.68. The summed E-state index contributed by atoms with van der Waals surface area (Å²) in [6.07, 6.45) is 0. The molecule has 0 radical (unpaired) electrons. The molecule has 80 valence electrons. The van der Waals surface area contributed by atoms with E-state index < -0.39 is 0 Å². The zero-order chi connectivity index (χ0) is 10.8. The number of nitrogens with zero attached hydrogens (tertiary/aromatic N) is 1. The van der Waals surface area contributed by atoms with Gasteiger partial charge in [0.25, 0.3) is 0 Å². The summed E-state index contributed by atoms with van der Waals surface area (Å²) in [6, 6.07) is 8.40. The van der Waals surface area contributed by atoms with Crippen LogP contribution in [0.4, 0.5) is 5.69 Å². The third kappa shape index (κ3) is 1.84. The molecule has 0 aliphatic rings. The first-order valence-corrected chi connectivity index (χ1v) is 5.76. The van der Waals surface area contributed by atoms with Crippen molar-refractivity contribution < 1.29 is 0 Å². The van der Waals surface area contributed by atoms with Gasteiger partial charge in [0.1, 0.15) is 0 Å². The number of nitrogens with one attached hydrogen (secondary N) is 1. The first-order chi connectivity index (χ1) is 7.24. The highest BCUT2D eigenvalue weighted by molar-refractivity contribution is 7.80. The van der Waals surface area contributed by atoms with Crippen LogP contribution in [0.15, 0.2) is 24.3 Å². The first kappa shape index (κ1) is 10.4. The smallest absolute Gasteiger partial charge is 0.0651 e. The molecule has 1 heterocycles. The summed E-state index contributed by atoms with van der Waals surface area (Å²) in [4.78, 5) is 5.65. The number of hydrogen-bond donors (Lipinski definition) is 2. The Kier molecular flexibility index (Phi) is 2.91. The number of anilines is 1. The van der Waals surface area contributed by atoms with Crippen LogP contribution in [0, 0.1) is 6.92 Å². The minimum Gasteiger partial charge on any atom is -0.372 e. The number of aromatic nitrogens is 1. The lowest BCUT2D eigenvalue weighted by Gasteiger charge is -2.18. The maximum absolute atomic E-state index is 4.27. The van der Waals surface area contributed by atoms with Crippen LogP contribution in [0.25, 0.3) is 10.9 Å². The Hall–Kier alpha value is -1.09. The lowest BCUT2D eigenvalue weighted by Crippen LogP contribution is -2.19. The molecule has 1 aromatic carbocycles. The van der Waals surface area contributed by atoms with Gasteiger partial charge in [-0.3, -0.25) is 0 Å². The molecule has 1 N–H and O–H groups in total. The summed E-state index contributed by atoms with van der Waals surface area (Å²) in [5.41, 5.74) is 3.72. The van der Waals surface area contributed by atoms with Crippen LogP contribution in [0.1, 0.15) is 5.69 Å². The molecular formula is C12H16N2S. The fourth-order valence-corrected chi connectivity index (χ4v) is 2.32. The van der Waals surface area contributed by atoms with Crippen molar-refractivity contribution in [3.8, 4) is 0 Å². The molecule has 2 aromatic rings. The summed E-state index contributed by atoms with van der Waals surface area (Å²) in [5, 5.41) is 1.29. The molecule has 1 aromatic heterocycles. The van der Waals surface area contributed by atoms with Gasteiger partial charge in [0, 0.05) is 35.9 Å². The molecule has 0 atom stereocenters.